The fraction of sp³-hybridized carbons (Fsp3) is 0.100. The van der Waals surface area contributed by atoms with Gasteiger partial charge in [0, 0.05) is 0 Å². The molecule has 0 unspecified atom stereocenters. The zero-order chi connectivity index (χ0) is 14.9. The summed E-state index contributed by atoms with van der Waals surface area (Å²) in [4.78, 5) is 10.5. The van der Waals surface area contributed by atoms with Gasteiger partial charge in [0.1, 0.15) is 11.6 Å². The number of anilines is 1. The zero-order valence-electron chi connectivity index (χ0n) is 9.45. The quantitative estimate of drug-likeness (QED) is 0.863. The molecule has 0 aliphatic heterocycles. The number of nitrogens with zero attached hydrogens (tertiary/aromatic N) is 3. The summed E-state index contributed by atoms with van der Waals surface area (Å²) in [6.07, 6.45) is -4.85. The number of alkyl halides is 3. The minimum Gasteiger partial charge on any atom is -0.424 e. The fourth-order valence-corrected chi connectivity index (χ4v) is 1.44. The summed E-state index contributed by atoms with van der Waals surface area (Å²) in [5.74, 6) is -2.00. The molecule has 20 heavy (non-hydrogen) atoms. The molecule has 0 amide bonds. The van der Waals surface area contributed by atoms with Crippen molar-refractivity contribution in [3.8, 4) is 11.8 Å². The van der Waals surface area contributed by atoms with Gasteiger partial charge in [-0.2, -0.15) is 28.1 Å². The van der Waals surface area contributed by atoms with Gasteiger partial charge in [0.05, 0.1) is 5.56 Å². The second-order valence-corrected chi connectivity index (χ2v) is 3.82. The van der Waals surface area contributed by atoms with Gasteiger partial charge in [-0.3, -0.25) is 0 Å². The molecule has 0 aliphatic rings. The Bertz CT molecular complexity index is 629. The molecule has 1 heterocycles. The lowest BCUT2D eigenvalue weighted by molar-refractivity contribution is -0.140. The molecule has 2 rings (SSSR count). The van der Waals surface area contributed by atoms with Crippen molar-refractivity contribution < 1.29 is 22.3 Å². The van der Waals surface area contributed by atoms with Crippen LogP contribution in [0.3, 0.4) is 0 Å². The topological polar surface area (TPSA) is 73.9 Å². The second kappa shape index (κ2) is 5.08. The number of benzene rings is 1. The molecule has 5 nitrogen and oxygen atoms in total. The van der Waals surface area contributed by atoms with Crippen LogP contribution in [0.1, 0.15) is 5.56 Å². The molecule has 1 aromatic carbocycles. The highest BCUT2D eigenvalue weighted by molar-refractivity contribution is 6.28. The summed E-state index contributed by atoms with van der Waals surface area (Å²) >= 11 is 5.48. The third kappa shape index (κ3) is 3.23. The van der Waals surface area contributed by atoms with E-state index in [1.165, 1.54) is 0 Å². The number of rotatable bonds is 2. The predicted octanol–water partition coefficient (Wildman–Crippen LogP) is 3.06. The smallest absolute Gasteiger partial charge is 0.419 e. The molecule has 0 saturated carbocycles. The molecule has 0 saturated heterocycles. The van der Waals surface area contributed by atoms with Crippen molar-refractivity contribution >= 4 is 17.5 Å². The maximum atomic E-state index is 13.1. The van der Waals surface area contributed by atoms with Crippen LogP contribution in [0.4, 0.5) is 23.5 Å². The highest BCUT2D eigenvalue weighted by atomic mass is 35.5. The summed E-state index contributed by atoms with van der Waals surface area (Å²) in [5, 5.41) is -0.286. The first-order valence-electron chi connectivity index (χ1n) is 4.97. The van der Waals surface area contributed by atoms with E-state index in [1.54, 1.807) is 0 Å². The Labute approximate surface area is 114 Å². The molecule has 0 radical (unpaired) electrons. The van der Waals surface area contributed by atoms with E-state index in [2.05, 4.69) is 15.0 Å². The number of aromatic nitrogens is 3. The van der Waals surface area contributed by atoms with E-state index < -0.39 is 23.6 Å². The van der Waals surface area contributed by atoms with Gasteiger partial charge in [0.25, 0.3) is 0 Å². The highest BCUT2D eigenvalue weighted by Crippen LogP contribution is 2.34. The molecule has 0 atom stereocenters. The van der Waals surface area contributed by atoms with Gasteiger partial charge >= 0.3 is 12.2 Å². The Morgan fingerprint density at radius 3 is 2.45 bits per heavy atom. The van der Waals surface area contributed by atoms with Gasteiger partial charge in [-0.25, -0.2) is 4.39 Å². The Kier molecular flexibility index (Phi) is 3.62. The van der Waals surface area contributed by atoms with Crippen LogP contribution in [0.25, 0.3) is 0 Å². The third-order valence-electron chi connectivity index (χ3n) is 2.06. The normalized spacial score (nSPS) is 11.4. The number of nitrogen functional groups attached to an aromatic ring is 1. The number of halogens is 5. The molecular formula is C10H5ClF4N4O. The van der Waals surface area contributed by atoms with E-state index in [0.29, 0.717) is 12.1 Å². The van der Waals surface area contributed by atoms with E-state index in [4.69, 9.17) is 22.1 Å². The SMILES string of the molecule is Nc1nc(Cl)nc(Oc2ccc(F)c(C(F)(F)F)c2)n1. The summed E-state index contributed by atoms with van der Waals surface area (Å²) in [6, 6.07) is 1.67. The number of nitrogens with two attached hydrogens (primary N) is 1. The lowest BCUT2D eigenvalue weighted by Gasteiger charge is -2.10. The Morgan fingerprint density at radius 2 is 1.85 bits per heavy atom. The minimum atomic E-state index is -4.85. The van der Waals surface area contributed by atoms with Gasteiger partial charge in [0.2, 0.25) is 11.2 Å². The minimum absolute atomic E-state index is 0.266. The molecule has 0 spiro atoms. The first-order valence-corrected chi connectivity index (χ1v) is 5.35. The highest BCUT2D eigenvalue weighted by Gasteiger charge is 2.34. The van der Waals surface area contributed by atoms with Crippen molar-refractivity contribution in [2.75, 3.05) is 5.73 Å². The Morgan fingerprint density at radius 1 is 1.15 bits per heavy atom. The first kappa shape index (κ1) is 14.3. The molecule has 2 N–H and O–H groups in total. The van der Waals surface area contributed by atoms with Gasteiger partial charge in [-0.15, -0.1) is 0 Å². The molecule has 0 aliphatic carbocycles. The Hall–Kier alpha value is -2.16. The van der Waals surface area contributed by atoms with Crippen molar-refractivity contribution in [2.45, 2.75) is 6.18 Å². The van der Waals surface area contributed by atoms with Crippen molar-refractivity contribution in [3.63, 3.8) is 0 Å². The van der Waals surface area contributed by atoms with E-state index in [1.807, 2.05) is 0 Å². The van der Waals surface area contributed by atoms with Gasteiger partial charge in [-0.05, 0) is 29.8 Å². The lowest BCUT2D eigenvalue weighted by atomic mass is 10.2. The maximum absolute atomic E-state index is 13.1. The molecule has 2 aromatic rings. The zero-order valence-corrected chi connectivity index (χ0v) is 10.2. The molecular weight excluding hydrogens is 304 g/mol. The second-order valence-electron chi connectivity index (χ2n) is 3.49. The van der Waals surface area contributed by atoms with Crippen LogP contribution in [0.15, 0.2) is 18.2 Å². The molecule has 106 valence electrons. The standard InChI is InChI=1S/C10H5ClF4N4O/c11-7-17-8(16)19-9(18-7)20-4-1-2-6(12)5(3-4)10(13,14)15/h1-3H,(H2,16,17,18,19). The van der Waals surface area contributed by atoms with E-state index in [9.17, 15) is 17.6 Å². The van der Waals surface area contributed by atoms with E-state index in [0.717, 1.165) is 6.07 Å². The lowest BCUT2D eigenvalue weighted by Crippen LogP contribution is -2.08. The van der Waals surface area contributed by atoms with Crippen LogP contribution in [0.5, 0.6) is 11.8 Å². The van der Waals surface area contributed by atoms with Gasteiger partial charge in [-0.1, -0.05) is 0 Å². The average Bonchev–Trinajstić information content (AvgIpc) is 2.29. The van der Waals surface area contributed by atoms with Crippen LogP contribution in [0, 0.1) is 5.82 Å². The first-order chi connectivity index (χ1) is 9.25. The van der Waals surface area contributed by atoms with Gasteiger partial charge < -0.3 is 10.5 Å². The van der Waals surface area contributed by atoms with E-state index in [-0.39, 0.29) is 17.0 Å². The fourth-order valence-electron chi connectivity index (χ4n) is 1.28. The average molecular weight is 309 g/mol. The summed E-state index contributed by atoms with van der Waals surface area (Å²) in [7, 11) is 0. The number of hydrogen-bond acceptors (Lipinski definition) is 5. The summed E-state index contributed by atoms with van der Waals surface area (Å²) < 4.78 is 55.6. The van der Waals surface area contributed by atoms with E-state index >= 15 is 0 Å². The third-order valence-corrected chi connectivity index (χ3v) is 2.23. The van der Waals surface area contributed by atoms with Crippen LogP contribution in [-0.2, 0) is 6.18 Å². The maximum Gasteiger partial charge on any atom is 0.419 e. The molecule has 1 aromatic heterocycles. The number of ether oxygens (including phenoxy) is 1. The predicted molar refractivity (Wildman–Crippen MR) is 60.7 cm³/mol. The van der Waals surface area contributed by atoms with Crippen LogP contribution >= 0.6 is 11.6 Å². The molecule has 0 bridgehead atoms. The van der Waals surface area contributed by atoms with Gasteiger partial charge in [0.15, 0.2) is 0 Å². The van der Waals surface area contributed by atoms with Crippen molar-refractivity contribution in [1.29, 1.82) is 0 Å². The molecule has 10 heteroatoms. The largest absolute Gasteiger partial charge is 0.424 e. The van der Waals surface area contributed by atoms with Crippen LogP contribution < -0.4 is 10.5 Å². The van der Waals surface area contributed by atoms with Crippen LogP contribution in [-0.4, -0.2) is 15.0 Å². The van der Waals surface area contributed by atoms with Crippen molar-refractivity contribution in [2.24, 2.45) is 0 Å². The van der Waals surface area contributed by atoms with Crippen molar-refractivity contribution in [1.82, 2.24) is 15.0 Å². The molecule has 0 fully saturated rings. The van der Waals surface area contributed by atoms with Crippen LogP contribution in [0.2, 0.25) is 5.28 Å². The summed E-state index contributed by atoms with van der Waals surface area (Å²) in [5.41, 5.74) is 3.80. The monoisotopic (exact) mass is 308 g/mol. The van der Waals surface area contributed by atoms with Crippen molar-refractivity contribution in [3.05, 3.63) is 34.9 Å². The number of hydrogen-bond donors (Lipinski definition) is 1. The summed E-state index contributed by atoms with van der Waals surface area (Å²) in [6.45, 7) is 0. The Balaban J connectivity index is 2.35.